The molecular formula is C27H33N3O. The van der Waals surface area contributed by atoms with E-state index < -0.39 is 0 Å². The quantitative estimate of drug-likeness (QED) is 0.659. The SMILES string of the molecule is CCN(CC)C(=O)C1=CC(Nc2ccccc2)=C(N2CCCC2)CC1c1ccccc1. The summed E-state index contributed by atoms with van der Waals surface area (Å²) in [5.74, 6) is 0.220. The lowest BCUT2D eigenvalue weighted by Gasteiger charge is -2.35. The number of hydrogen-bond donors (Lipinski definition) is 1. The Labute approximate surface area is 186 Å². The topological polar surface area (TPSA) is 35.6 Å². The first-order chi connectivity index (χ1) is 15.2. The van der Waals surface area contributed by atoms with E-state index in [0.717, 1.165) is 49.6 Å². The molecule has 2 aliphatic rings. The Kier molecular flexibility index (Phi) is 6.76. The van der Waals surface area contributed by atoms with Gasteiger partial charge in [0.25, 0.3) is 0 Å². The number of amides is 1. The van der Waals surface area contributed by atoms with Gasteiger partial charge in [0.15, 0.2) is 0 Å². The zero-order chi connectivity index (χ0) is 21.6. The number of carbonyl (C=O) groups is 1. The molecule has 4 nitrogen and oxygen atoms in total. The van der Waals surface area contributed by atoms with Gasteiger partial charge in [-0.05, 0) is 50.5 Å². The van der Waals surface area contributed by atoms with E-state index in [2.05, 4.69) is 66.5 Å². The third-order valence-corrected chi connectivity index (χ3v) is 6.42. The summed E-state index contributed by atoms with van der Waals surface area (Å²) in [6.45, 7) is 7.72. The molecule has 1 unspecified atom stereocenters. The van der Waals surface area contributed by atoms with Crippen molar-refractivity contribution in [2.24, 2.45) is 0 Å². The van der Waals surface area contributed by atoms with Crippen LogP contribution in [0.25, 0.3) is 0 Å². The summed E-state index contributed by atoms with van der Waals surface area (Å²) in [5.41, 5.74) is 5.54. The van der Waals surface area contributed by atoms with Crippen molar-refractivity contribution in [3.63, 3.8) is 0 Å². The molecule has 1 atom stereocenters. The molecule has 2 aromatic rings. The maximum atomic E-state index is 13.6. The monoisotopic (exact) mass is 415 g/mol. The number of likely N-dealkylation sites (tertiary alicyclic amines) is 1. The highest BCUT2D eigenvalue weighted by Gasteiger charge is 2.33. The molecule has 1 saturated heterocycles. The molecule has 0 radical (unpaired) electrons. The summed E-state index contributed by atoms with van der Waals surface area (Å²) in [6.07, 6.45) is 5.43. The number of nitrogens with zero attached hydrogens (tertiary/aromatic N) is 2. The first-order valence-corrected chi connectivity index (χ1v) is 11.6. The molecule has 1 N–H and O–H groups in total. The third kappa shape index (κ3) is 4.68. The Bertz CT molecular complexity index is 939. The van der Waals surface area contributed by atoms with E-state index in [9.17, 15) is 4.79 Å². The van der Waals surface area contributed by atoms with E-state index in [1.54, 1.807) is 0 Å². The zero-order valence-corrected chi connectivity index (χ0v) is 18.7. The van der Waals surface area contributed by atoms with E-state index in [0.29, 0.717) is 0 Å². The fourth-order valence-electron chi connectivity index (χ4n) is 4.71. The second kappa shape index (κ2) is 9.86. The van der Waals surface area contributed by atoms with Gasteiger partial charge >= 0.3 is 0 Å². The molecule has 0 saturated carbocycles. The molecule has 162 valence electrons. The second-order valence-electron chi connectivity index (χ2n) is 8.29. The van der Waals surface area contributed by atoms with Crippen LogP contribution in [0.4, 0.5) is 5.69 Å². The highest BCUT2D eigenvalue weighted by atomic mass is 16.2. The number of likely N-dealkylation sites (N-methyl/N-ethyl adjacent to an activating group) is 1. The highest BCUT2D eigenvalue weighted by Crippen LogP contribution is 2.40. The van der Waals surface area contributed by atoms with E-state index in [4.69, 9.17) is 0 Å². The van der Waals surface area contributed by atoms with Crippen LogP contribution in [0.3, 0.4) is 0 Å². The van der Waals surface area contributed by atoms with Crippen LogP contribution < -0.4 is 5.32 Å². The van der Waals surface area contributed by atoms with Gasteiger partial charge in [0.2, 0.25) is 5.91 Å². The molecular weight excluding hydrogens is 382 g/mol. The van der Waals surface area contributed by atoms with Crippen LogP contribution in [0.5, 0.6) is 0 Å². The minimum Gasteiger partial charge on any atom is -0.373 e. The zero-order valence-electron chi connectivity index (χ0n) is 18.7. The molecule has 2 aromatic carbocycles. The molecule has 1 heterocycles. The van der Waals surface area contributed by atoms with Gasteiger partial charge < -0.3 is 15.1 Å². The van der Waals surface area contributed by atoms with Crippen LogP contribution in [-0.2, 0) is 4.79 Å². The molecule has 4 heteroatoms. The number of allylic oxidation sites excluding steroid dienone is 2. The van der Waals surface area contributed by atoms with Crippen LogP contribution >= 0.6 is 0 Å². The average molecular weight is 416 g/mol. The molecule has 4 rings (SSSR count). The molecule has 31 heavy (non-hydrogen) atoms. The van der Waals surface area contributed by atoms with Gasteiger partial charge in [-0.25, -0.2) is 0 Å². The van der Waals surface area contributed by atoms with Gasteiger partial charge in [-0.2, -0.15) is 0 Å². The summed E-state index contributed by atoms with van der Waals surface area (Å²) in [5, 5.41) is 3.63. The smallest absolute Gasteiger partial charge is 0.250 e. The van der Waals surface area contributed by atoms with Crippen LogP contribution in [0.2, 0.25) is 0 Å². The van der Waals surface area contributed by atoms with Crippen molar-refractivity contribution in [2.75, 3.05) is 31.5 Å². The Morgan fingerprint density at radius 2 is 1.58 bits per heavy atom. The van der Waals surface area contributed by atoms with Crippen molar-refractivity contribution in [3.8, 4) is 0 Å². The highest BCUT2D eigenvalue weighted by molar-refractivity contribution is 5.96. The van der Waals surface area contributed by atoms with Crippen molar-refractivity contribution in [1.82, 2.24) is 9.80 Å². The predicted octanol–water partition coefficient (Wildman–Crippen LogP) is 5.39. The van der Waals surface area contributed by atoms with Crippen molar-refractivity contribution < 1.29 is 4.79 Å². The summed E-state index contributed by atoms with van der Waals surface area (Å²) in [6, 6.07) is 20.8. The Morgan fingerprint density at radius 1 is 0.968 bits per heavy atom. The number of hydrogen-bond acceptors (Lipinski definition) is 3. The molecule has 1 aliphatic carbocycles. The van der Waals surface area contributed by atoms with Gasteiger partial charge in [-0.3, -0.25) is 4.79 Å². The fourth-order valence-corrected chi connectivity index (χ4v) is 4.71. The molecule has 1 amide bonds. The predicted molar refractivity (Wildman–Crippen MR) is 128 cm³/mol. The Balaban J connectivity index is 1.79. The first-order valence-electron chi connectivity index (χ1n) is 11.6. The lowest BCUT2D eigenvalue weighted by Crippen LogP contribution is -2.36. The van der Waals surface area contributed by atoms with E-state index in [1.165, 1.54) is 24.1 Å². The van der Waals surface area contributed by atoms with E-state index >= 15 is 0 Å². The number of carbonyl (C=O) groups excluding carboxylic acids is 1. The maximum Gasteiger partial charge on any atom is 0.250 e. The maximum absolute atomic E-state index is 13.6. The standard InChI is InChI=1S/C27H33N3O/c1-3-29(4-2)27(31)24-19-25(28-22-15-9-6-10-16-22)26(30-17-11-12-18-30)20-23(24)21-13-7-5-8-14-21/h5-10,13-16,19,23,28H,3-4,11-12,17-18,20H2,1-2H3. The van der Waals surface area contributed by atoms with Gasteiger partial charge in [-0.1, -0.05) is 48.5 Å². The normalized spacial score (nSPS) is 18.7. The molecule has 1 aliphatic heterocycles. The van der Waals surface area contributed by atoms with Crippen molar-refractivity contribution in [2.45, 2.75) is 39.0 Å². The largest absolute Gasteiger partial charge is 0.373 e. The van der Waals surface area contributed by atoms with Gasteiger partial charge in [-0.15, -0.1) is 0 Å². The van der Waals surface area contributed by atoms with Crippen molar-refractivity contribution >= 4 is 11.6 Å². The van der Waals surface area contributed by atoms with Crippen LogP contribution in [0.15, 0.2) is 83.7 Å². The number of anilines is 1. The van der Waals surface area contributed by atoms with Crippen molar-refractivity contribution in [1.29, 1.82) is 0 Å². The molecule has 1 fully saturated rings. The number of benzene rings is 2. The van der Waals surface area contributed by atoms with Crippen LogP contribution in [0.1, 0.15) is 44.6 Å². The minimum atomic E-state index is 0.0752. The lowest BCUT2D eigenvalue weighted by molar-refractivity contribution is -0.127. The molecule has 0 aromatic heterocycles. The Morgan fingerprint density at radius 3 is 2.19 bits per heavy atom. The number of rotatable bonds is 7. The van der Waals surface area contributed by atoms with E-state index in [1.807, 2.05) is 29.2 Å². The second-order valence-corrected chi connectivity index (χ2v) is 8.29. The Hall–Kier alpha value is -3.01. The van der Waals surface area contributed by atoms with Gasteiger partial charge in [0.05, 0.1) is 5.70 Å². The fraction of sp³-hybridized carbons (Fsp3) is 0.370. The molecule has 0 bridgehead atoms. The summed E-state index contributed by atoms with van der Waals surface area (Å²) in [7, 11) is 0. The van der Waals surface area contributed by atoms with Crippen molar-refractivity contribution in [3.05, 3.63) is 89.3 Å². The third-order valence-electron chi connectivity index (χ3n) is 6.42. The summed E-state index contributed by atoms with van der Waals surface area (Å²) in [4.78, 5) is 18.0. The van der Waals surface area contributed by atoms with Crippen LogP contribution in [0, 0.1) is 0 Å². The van der Waals surface area contributed by atoms with Gasteiger partial charge in [0, 0.05) is 55.5 Å². The van der Waals surface area contributed by atoms with E-state index in [-0.39, 0.29) is 11.8 Å². The van der Waals surface area contributed by atoms with Gasteiger partial charge in [0.1, 0.15) is 0 Å². The number of nitrogens with one attached hydrogen (secondary N) is 1. The summed E-state index contributed by atoms with van der Waals surface area (Å²) < 4.78 is 0. The average Bonchev–Trinajstić information content (AvgIpc) is 3.35. The summed E-state index contributed by atoms with van der Waals surface area (Å²) >= 11 is 0. The molecule has 0 spiro atoms. The first kappa shape index (κ1) is 21.2. The van der Waals surface area contributed by atoms with Crippen LogP contribution in [-0.4, -0.2) is 41.9 Å². The lowest BCUT2D eigenvalue weighted by atomic mass is 9.81. The minimum absolute atomic E-state index is 0.0752. The number of para-hydroxylation sites is 1.